The fourth-order valence-corrected chi connectivity index (χ4v) is 4.92. The number of amides is 1. The maximum atomic E-state index is 12.6. The van der Waals surface area contributed by atoms with Gasteiger partial charge in [0.05, 0.1) is 11.6 Å². The van der Waals surface area contributed by atoms with E-state index in [1.54, 1.807) is 6.20 Å². The summed E-state index contributed by atoms with van der Waals surface area (Å²) in [5, 5.41) is 6.62. The van der Waals surface area contributed by atoms with Crippen LogP contribution in [0.15, 0.2) is 17.0 Å². The molecular formula is C14H18N2O2. The molecule has 1 aromatic heterocycles. The van der Waals surface area contributed by atoms with E-state index in [0.717, 1.165) is 37.0 Å². The Balaban J connectivity index is 1.58. The second-order valence-corrected chi connectivity index (χ2v) is 6.57. The summed E-state index contributed by atoms with van der Waals surface area (Å²) in [7, 11) is 0. The molecule has 5 rings (SSSR count). The third kappa shape index (κ3) is 1.51. The molecule has 4 aliphatic rings. The maximum Gasteiger partial charge on any atom is 0.230 e. The summed E-state index contributed by atoms with van der Waals surface area (Å²) in [4.78, 5) is 12.6. The van der Waals surface area contributed by atoms with Gasteiger partial charge >= 0.3 is 0 Å². The molecule has 4 saturated carbocycles. The van der Waals surface area contributed by atoms with Crippen molar-refractivity contribution < 1.29 is 9.32 Å². The molecule has 1 aromatic rings. The van der Waals surface area contributed by atoms with Gasteiger partial charge < -0.3 is 9.84 Å². The van der Waals surface area contributed by atoms with E-state index in [9.17, 15) is 4.79 Å². The van der Waals surface area contributed by atoms with Crippen LogP contribution < -0.4 is 5.32 Å². The summed E-state index contributed by atoms with van der Waals surface area (Å²) in [6.45, 7) is 0. The van der Waals surface area contributed by atoms with Crippen molar-refractivity contribution >= 4 is 11.6 Å². The lowest BCUT2D eigenvalue weighted by molar-refractivity contribution is -0.140. The largest absolute Gasteiger partial charge is 0.363 e. The summed E-state index contributed by atoms with van der Waals surface area (Å²) >= 11 is 0. The Kier molecular flexibility index (Phi) is 2.11. The average molecular weight is 246 g/mol. The minimum atomic E-state index is -0.0913. The normalized spacial score (nSPS) is 41.0. The summed E-state index contributed by atoms with van der Waals surface area (Å²) in [5.74, 6) is 2.59. The number of anilines is 1. The second kappa shape index (κ2) is 3.59. The monoisotopic (exact) mass is 246 g/mol. The topological polar surface area (TPSA) is 55.1 Å². The standard InChI is InChI=1S/C14H18N2O2/c17-13(16-12-7-15-18-8-12)14-4-9-1-10(5-14)3-11(2-9)6-14/h7-11H,1-6H2,(H,16,17). The van der Waals surface area contributed by atoms with Gasteiger partial charge in [-0.1, -0.05) is 5.16 Å². The molecule has 0 spiro atoms. The van der Waals surface area contributed by atoms with Gasteiger partial charge in [0.15, 0.2) is 0 Å². The zero-order chi connectivity index (χ0) is 12.2. The third-order valence-corrected chi connectivity index (χ3v) is 5.21. The molecule has 0 unspecified atom stereocenters. The minimum Gasteiger partial charge on any atom is -0.363 e. The molecule has 4 heteroatoms. The van der Waals surface area contributed by atoms with Crippen LogP contribution in [0.3, 0.4) is 0 Å². The molecule has 1 amide bonds. The molecular weight excluding hydrogens is 228 g/mol. The van der Waals surface area contributed by atoms with Gasteiger partial charge in [0.2, 0.25) is 5.91 Å². The van der Waals surface area contributed by atoms with Crippen molar-refractivity contribution in [2.24, 2.45) is 23.2 Å². The maximum absolute atomic E-state index is 12.6. The van der Waals surface area contributed by atoms with Crippen LogP contribution in [0.4, 0.5) is 5.69 Å². The van der Waals surface area contributed by atoms with E-state index in [4.69, 9.17) is 4.52 Å². The summed E-state index contributed by atoms with van der Waals surface area (Å²) in [6.07, 6.45) is 10.4. The summed E-state index contributed by atoms with van der Waals surface area (Å²) in [5.41, 5.74) is 0.599. The number of nitrogens with one attached hydrogen (secondary N) is 1. The molecule has 0 aliphatic heterocycles. The molecule has 0 radical (unpaired) electrons. The van der Waals surface area contributed by atoms with Gasteiger partial charge in [0.1, 0.15) is 12.0 Å². The third-order valence-electron chi connectivity index (χ3n) is 5.21. The average Bonchev–Trinajstić information content (AvgIpc) is 2.79. The molecule has 96 valence electrons. The van der Waals surface area contributed by atoms with Crippen molar-refractivity contribution in [3.05, 3.63) is 12.5 Å². The number of carbonyl (C=O) groups is 1. The molecule has 0 atom stereocenters. The van der Waals surface area contributed by atoms with Gasteiger partial charge in [0, 0.05) is 0 Å². The molecule has 1 heterocycles. The molecule has 0 aromatic carbocycles. The summed E-state index contributed by atoms with van der Waals surface area (Å²) < 4.78 is 4.77. The van der Waals surface area contributed by atoms with Crippen molar-refractivity contribution in [2.75, 3.05) is 5.32 Å². The van der Waals surface area contributed by atoms with Crippen LogP contribution in [0.5, 0.6) is 0 Å². The zero-order valence-electron chi connectivity index (χ0n) is 10.4. The van der Waals surface area contributed by atoms with Crippen LogP contribution >= 0.6 is 0 Å². The molecule has 1 N–H and O–H groups in total. The van der Waals surface area contributed by atoms with Crippen molar-refractivity contribution in [1.29, 1.82) is 0 Å². The zero-order valence-corrected chi connectivity index (χ0v) is 10.4. The van der Waals surface area contributed by atoms with Crippen LogP contribution in [-0.2, 0) is 4.79 Å². The quantitative estimate of drug-likeness (QED) is 0.873. The SMILES string of the molecule is O=C(Nc1cnoc1)C12CC3CC(CC(C3)C1)C2. The molecule has 4 aliphatic carbocycles. The van der Waals surface area contributed by atoms with E-state index in [1.165, 1.54) is 25.5 Å². The Morgan fingerprint density at radius 2 is 1.83 bits per heavy atom. The van der Waals surface area contributed by atoms with E-state index in [2.05, 4.69) is 10.5 Å². The van der Waals surface area contributed by atoms with Crippen molar-refractivity contribution in [3.63, 3.8) is 0 Å². The first-order chi connectivity index (χ1) is 8.73. The highest BCUT2D eigenvalue weighted by molar-refractivity contribution is 5.95. The van der Waals surface area contributed by atoms with E-state index in [1.807, 2.05) is 0 Å². The second-order valence-electron chi connectivity index (χ2n) is 6.57. The first-order valence-electron chi connectivity index (χ1n) is 6.94. The van der Waals surface area contributed by atoms with E-state index in [-0.39, 0.29) is 11.3 Å². The van der Waals surface area contributed by atoms with Gasteiger partial charge in [-0.2, -0.15) is 0 Å². The van der Waals surface area contributed by atoms with Gasteiger partial charge in [-0.25, -0.2) is 0 Å². The number of hydrogen-bond acceptors (Lipinski definition) is 3. The molecule has 4 fully saturated rings. The molecule has 18 heavy (non-hydrogen) atoms. The fourth-order valence-electron chi connectivity index (χ4n) is 4.92. The number of carbonyl (C=O) groups excluding carboxylic acids is 1. The van der Waals surface area contributed by atoms with Crippen LogP contribution in [0, 0.1) is 23.2 Å². The molecule has 4 bridgehead atoms. The molecule has 0 saturated heterocycles. The van der Waals surface area contributed by atoms with E-state index < -0.39 is 0 Å². The molecule has 4 nitrogen and oxygen atoms in total. The lowest BCUT2D eigenvalue weighted by Crippen LogP contribution is -2.51. The van der Waals surface area contributed by atoms with Crippen molar-refractivity contribution in [3.8, 4) is 0 Å². The Labute approximate surface area is 106 Å². The van der Waals surface area contributed by atoms with E-state index >= 15 is 0 Å². The fraction of sp³-hybridized carbons (Fsp3) is 0.714. The van der Waals surface area contributed by atoms with Gasteiger partial charge in [-0.05, 0) is 56.3 Å². The van der Waals surface area contributed by atoms with Gasteiger partial charge in [-0.3, -0.25) is 4.79 Å². The predicted molar refractivity (Wildman–Crippen MR) is 65.7 cm³/mol. The smallest absolute Gasteiger partial charge is 0.230 e. The van der Waals surface area contributed by atoms with Crippen LogP contribution in [0.2, 0.25) is 0 Å². The van der Waals surface area contributed by atoms with Gasteiger partial charge in [0.25, 0.3) is 0 Å². The number of aromatic nitrogens is 1. The highest BCUT2D eigenvalue weighted by atomic mass is 16.5. The van der Waals surface area contributed by atoms with Crippen molar-refractivity contribution in [1.82, 2.24) is 5.16 Å². The Morgan fingerprint density at radius 1 is 1.22 bits per heavy atom. The lowest BCUT2D eigenvalue weighted by Gasteiger charge is -2.55. The Morgan fingerprint density at radius 3 is 2.33 bits per heavy atom. The lowest BCUT2D eigenvalue weighted by atomic mass is 9.49. The van der Waals surface area contributed by atoms with Crippen LogP contribution in [-0.4, -0.2) is 11.1 Å². The van der Waals surface area contributed by atoms with Crippen LogP contribution in [0.25, 0.3) is 0 Å². The van der Waals surface area contributed by atoms with Gasteiger partial charge in [-0.15, -0.1) is 0 Å². The predicted octanol–water partition coefficient (Wildman–Crippen LogP) is 2.83. The highest BCUT2D eigenvalue weighted by Gasteiger charge is 2.54. The Bertz CT molecular complexity index is 431. The Hall–Kier alpha value is -1.32. The number of nitrogens with zero attached hydrogens (tertiary/aromatic N) is 1. The highest BCUT2D eigenvalue weighted by Crippen LogP contribution is 2.60. The minimum absolute atomic E-state index is 0.0913. The van der Waals surface area contributed by atoms with Crippen molar-refractivity contribution in [2.45, 2.75) is 38.5 Å². The van der Waals surface area contributed by atoms with Crippen LogP contribution in [0.1, 0.15) is 38.5 Å². The van der Waals surface area contributed by atoms with E-state index in [0.29, 0.717) is 5.69 Å². The summed E-state index contributed by atoms with van der Waals surface area (Å²) in [6, 6.07) is 0. The first-order valence-corrected chi connectivity index (χ1v) is 6.94. The number of rotatable bonds is 2. The first kappa shape index (κ1) is 10.6. The number of hydrogen-bond donors (Lipinski definition) is 1.